The van der Waals surface area contributed by atoms with Crippen molar-refractivity contribution in [2.75, 3.05) is 23.9 Å². The zero-order valence-electron chi connectivity index (χ0n) is 13.9. The van der Waals surface area contributed by atoms with Crippen molar-refractivity contribution in [1.82, 2.24) is 0 Å². The second kappa shape index (κ2) is 7.69. The third-order valence-corrected chi connectivity index (χ3v) is 5.74. The number of fused-ring (bicyclic) bond motifs is 1. The van der Waals surface area contributed by atoms with E-state index in [0.29, 0.717) is 6.61 Å². The quantitative estimate of drug-likeness (QED) is 0.844. The van der Waals surface area contributed by atoms with Gasteiger partial charge in [-0.15, -0.1) is 11.8 Å². The van der Waals surface area contributed by atoms with Crippen LogP contribution in [0.2, 0.25) is 0 Å². The number of anilines is 1. The second-order valence-electron chi connectivity index (χ2n) is 6.30. The van der Waals surface area contributed by atoms with Crippen molar-refractivity contribution in [2.45, 2.75) is 56.3 Å². The van der Waals surface area contributed by atoms with Crippen LogP contribution in [-0.4, -0.2) is 43.1 Å². The normalized spacial score (nSPS) is 25.7. The van der Waals surface area contributed by atoms with Crippen LogP contribution in [0.25, 0.3) is 0 Å². The van der Waals surface area contributed by atoms with E-state index in [1.165, 1.54) is 11.3 Å². The predicted molar refractivity (Wildman–Crippen MR) is 93.1 cm³/mol. The summed E-state index contributed by atoms with van der Waals surface area (Å²) >= 11 is 1.81. The first-order valence-corrected chi connectivity index (χ1v) is 9.43. The van der Waals surface area contributed by atoms with Gasteiger partial charge >= 0.3 is 0 Å². The van der Waals surface area contributed by atoms with Crippen LogP contribution in [0.1, 0.15) is 33.1 Å². The number of thioether (sulfide) groups is 1. The Hall–Kier alpha value is -1.04. The molecule has 1 aromatic rings. The Bertz CT molecular complexity index is 545. The molecule has 0 spiro atoms. The molecule has 0 saturated carbocycles. The molecule has 0 radical (unpaired) electrons. The molecule has 0 N–H and O–H groups in total. The topological polar surface area (TPSA) is 38.8 Å². The minimum atomic E-state index is -0.445. The molecular formula is C18H25NO3S. The highest BCUT2D eigenvalue weighted by Gasteiger charge is 2.32. The Labute approximate surface area is 142 Å². The molecule has 4 nitrogen and oxygen atoms in total. The van der Waals surface area contributed by atoms with Crippen molar-refractivity contribution in [3.8, 4) is 0 Å². The molecule has 2 aliphatic heterocycles. The SMILES string of the molecule is C[C@H](OC[C@H]1CCCCO1)C(=O)N1c2ccccc2SC[C@@H]1C. The van der Waals surface area contributed by atoms with Gasteiger partial charge in [-0.3, -0.25) is 4.79 Å². The van der Waals surface area contributed by atoms with Crippen molar-refractivity contribution in [3.05, 3.63) is 24.3 Å². The van der Waals surface area contributed by atoms with E-state index in [4.69, 9.17) is 9.47 Å². The number of amides is 1. The monoisotopic (exact) mass is 335 g/mol. The molecule has 3 atom stereocenters. The van der Waals surface area contributed by atoms with Crippen molar-refractivity contribution in [1.29, 1.82) is 0 Å². The van der Waals surface area contributed by atoms with Gasteiger partial charge in [0.05, 0.1) is 18.4 Å². The van der Waals surface area contributed by atoms with Crippen molar-refractivity contribution < 1.29 is 14.3 Å². The van der Waals surface area contributed by atoms with Gasteiger partial charge in [0.15, 0.2) is 0 Å². The summed E-state index contributed by atoms with van der Waals surface area (Å²) in [5, 5.41) is 0. The molecule has 0 unspecified atom stereocenters. The summed E-state index contributed by atoms with van der Waals surface area (Å²) in [5.41, 5.74) is 1.01. The van der Waals surface area contributed by atoms with Crippen molar-refractivity contribution in [2.24, 2.45) is 0 Å². The molecule has 1 saturated heterocycles. The Balaban J connectivity index is 1.64. The molecule has 126 valence electrons. The highest BCUT2D eigenvalue weighted by molar-refractivity contribution is 7.99. The van der Waals surface area contributed by atoms with Crippen LogP contribution in [0.4, 0.5) is 5.69 Å². The Morgan fingerprint density at radius 3 is 3.04 bits per heavy atom. The number of ether oxygens (including phenoxy) is 2. The lowest BCUT2D eigenvalue weighted by molar-refractivity contribution is -0.133. The van der Waals surface area contributed by atoms with Crippen LogP contribution < -0.4 is 4.90 Å². The standard InChI is InChI=1S/C18H25NO3S/c1-13-12-23-17-9-4-3-8-16(17)19(13)18(20)14(2)22-11-15-7-5-6-10-21-15/h3-4,8-9,13-15H,5-7,10-12H2,1-2H3/t13-,14-,15+/m0/s1. The van der Waals surface area contributed by atoms with E-state index in [2.05, 4.69) is 13.0 Å². The van der Waals surface area contributed by atoms with E-state index >= 15 is 0 Å². The van der Waals surface area contributed by atoms with Gasteiger partial charge in [-0.1, -0.05) is 12.1 Å². The number of hydrogen-bond donors (Lipinski definition) is 0. The third-order valence-electron chi connectivity index (χ3n) is 4.44. The Morgan fingerprint density at radius 1 is 1.43 bits per heavy atom. The lowest BCUT2D eigenvalue weighted by Crippen LogP contribution is -2.47. The van der Waals surface area contributed by atoms with Gasteiger partial charge in [-0.05, 0) is 45.2 Å². The average molecular weight is 335 g/mol. The maximum atomic E-state index is 12.9. The van der Waals surface area contributed by atoms with Gasteiger partial charge in [0.25, 0.3) is 5.91 Å². The van der Waals surface area contributed by atoms with Crippen LogP contribution >= 0.6 is 11.8 Å². The summed E-state index contributed by atoms with van der Waals surface area (Å²) in [4.78, 5) is 16.0. The summed E-state index contributed by atoms with van der Waals surface area (Å²) in [6.45, 7) is 5.26. The fourth-order valence-corrected chi connectivity index (χ4v) is 4.15. The first-order valence-electron chi connectivity index (χ1n) is 8.45. The lowest BCUT2D eigenvalue weighted by Gasteiger charge is -2.36. The highest BCUT2D eigenvalue weighted by Crippen LogP contribution is 2.37. The summed E-state index contributed by atoms with van der Waals surface area (Å²) in [7, 11) is 0. The van der Waals surface area contributed by atoms with E-state index in [1.807, 2.05) is 41.8 Å². The first kappa shape index (κ1) is 16.8. The number of carbonyl (C=O) groups excluding carboxylic acids is 1. The average Bonchev–Trinajstić information content (AvgIpc) is 2.60. The molecule has 1 amide bonds. The van der Waals surface area contributed by atoms with Crippen LogP contribution in [-0.2, 0) is 14.3 Å². The molecule has 2 aliphatic rings. The fourth-order valence-electron chi connectivity index (χ4n) is 3.09. The first-order chi connectivity index (χ1) is 11.2. The van der Waals surface area contributed by atoms with Crippen LogP contribution in [0, 0.1) is 0 Å². The zero-order chi connectivity index (χ0) is 16.2. The highest BCUT2D eigenvalue weighted by atomic mass is 32.2. The lowest BCUT2D eigenvalue weighted by atomic mass is 10.1. The van der Waals surface area contributed by atoms with E-state index in [0.717, 1.165) is 30.9 Å². The molecular weight excluding hydrogens is 310 g/mol. The maximum absolute atomic E-state index is 12.9. The van der Waals surface area contributed by atoms with Gasteiger partial charge in [-0.25, -0.2) is 0 Å². The van der Waals surface area contributed by atoms with Gasteiger partial charge in [0, 0.05) is 23.3 Å². The molecule has 2 heterocycles. The fraction of sp³-hybridized carbons (Fsp3) is 0.611. The summed E-state index contributed by atoms with van der Waals surface area (Å²) in [6, 6.07) is 8.28. The Kier molecular flexibility index (Phi) is 5.62. The largest absolute Gasteiger partial charge is 0.376 e. The number of carbonyl (C=O) groups is 1. The van der Waals surface area contributed by atoms with Crippen LogP contribution in [0.15, 0.2) is 29.2 Å². The summed E-state index contributed by atoms with van der Waals surface area (Å²) in [6.07, 6.45) is 3.04. The van der Waals surface area contributed by atoms with E-state index < -0.39 is 6.10 Å². The van der Waals surface area contributed by atoms with E-state index in [9.17, 15) is 4.79 Å². The second-order valence-corrected chi connectivity index (χ2v) is 7.36. The third kappa shape index (κ3) is 3.90. The maximum Gasteiger partial charge on any atom is 0.256 e. The summed E-state index contributed by atoms with van der Waals surface area (Å²) < 4.78 is 11.5. The van der Waals surface area contributed by atoms with Crippen molar-refractivity contribution >= 4 is 23.4 Å². The van der Waals surface area contributed by atoms with Gasteiger partial charge in [-0.2, -0.15) is 0 Å². The predicted octanol–water partition coefficient (Wildman–Crippen LogP) is 3.49. The summed E-state index contributed by atoms with van der Waals surface area (Å²) in [5.74, 6) is 0.961. The number of benzene rings is 1. The van der Waals surface area contributed by atoms with Gasteiger partial charge < -0.3 is 14.4 Å². The molecule has 0 aromatic heterocycles. The van der Waals surface area contributed by atoms with Gasteiger partial charge in [0.1, 0.15) is 6.10 Å². The number of para-hydroxylation sites is 1. The molecule has 3 rings (SSSR count). The smallest absolute Gasteiger partial charge is 0.256 e. The number of hydrogen-bond acceptors (Lipinski definition) is 4. The van der Waals surface area contributed by atoms with E-state index in [-0.39, 0.29) is 18.1 Å². The Morgan fingerprint density at radius 2 is 2.26 bits per heavy atom. The molecule has 1 aromatic carbocycles. The molecule has 1 fully saturated rings. The van der Waals surface area contributed by atoms with Crippen LogP contribution in [0.3, 0.4) is 0 Å². The molecule has 5 heteroatoms. The van der Waals surface area contributed by atoms with Gasteiger partial charge in [0.2, 0.25) is 0 Å². The van der Waals surface area contributed by atoms with Crippen molar-refractivity contribution in [3.63, 3.8) is 0 Å². The molecule has 0 aliphatic carbocycles. The van der Waals surface area contributed by atoms with E-state index in [1.54, 1.807) is 0 Å². The number of rotatable bonds is 4. The molecule has 23 heavy (non-hydrogen) atoms. The van der Waals surface area contributed by atoms with Crippen LogP contribution in [0.5, 0.6) is 0 Å². The minimum Gasteiger partial charge on any atom is -0.376 e. The zero-order valence-corrected chi connectivity index (χ0v) is 14.7. The number of nitrogens with zero attached hydrogens (tertiary/aromatic N) is 1. The molecule has 0 bridgehead atoms. The minimum absolute atomic E-state index is 0.0426.